The van der Waals surface area contributed by atoms with Crippen molar-refractivity contribution in [1.82, 2.24) is 19.5 Å². The van der Waals surface area contributed by atoms with E-state index in [1.165, 1.54) is 5.56 Å². The van der Waals surface area contributed by atoms with Gasteiger partial charge in [0.05, 0.1) is 23.2 Å². The van der Waals surface area contributed by atoms with E-state index in [0.717, 1.165) is 16.8 Å². The smallest absolute Gasteiger partial charge is 0.223 e. The van der Waals surface area contributed by atoms with Crippen molar-refractivity contribution in [2.75, 3.05) is 5.73 Å². The summed E-state index contributed by atoms with van der Waals surface area (Å²) in [7, 11) is 0. The average Bonchev–Trinajstić information content (AvgIpc) is 2.91. The number of rotatable bonds is 2. The molecule has 3 aromatic heterocycles. The van der Waals surface area contributed by atoms with Crippen LogP contribution >= 0.6 is 11.6 Å². The SMILES string of the molecule is Cc1cnc(Cn2cc(C#CC(C)(C)O)c3c(Cl)nc(N)nc32)c(C)c1C. The summed E-state index contributed by atoms with van der Waals surface area (Å²) in [5.41, 5.74) is 10.3. The maximum absolute atomic E-state index is 9.92. The summed E-state index contributed by atoms with van der Waals surface area (Å²) < 4.78 is 1.91. The van der Waals surface area contributed by atoms with E-state index in [1.54, 1.807) is 13.8 Å². The van der Waals surface area contributed by atoms with Crippen molar-refractivity contribution in [2.45, 2.75) is 46.8 Å². The molecule has 0 aliphatic rings. The number of aromatic nitrogens is 4. The third-order valence-electron chi connectivity index (χ3n) is 4.51. The van der Waals surface area contributed by atoms with Gasteiger partial charge in [0.25, 0.3) is 0 Å². The van der Waals surface area contributed by atoms with Gasteiger partial charge in [-0.15, -0.1) is 0 Å². The molecule has 140 valence electrons. The fourth-order valence-electron chi connectivity index (χ4n) is 2.80. The second-order valence-corrected chi connectivity index (χ2v) is 7.55. The zero-order valence-electron chi connectivity index (χ0n) is 16.1. The molecule has 6 nitrogen and oxygen atoms in total. The molecule has 0 saturated carbocycles. The van der Waals surface area contributed by atoms with Gasteiger partial charge in [0.2, 0.25) is 5.95 Å². The Labute approximate surface area is 163 Å². The molecule has 0 radical (unpaired) electrons. The maximum Gasteiger partial charge on any atom is 0.223 e. The zero-order valence-corrected chi connectivity index (χ0v) is 16.8. The molecule has 3 N–H and O–H groups in total. The number of aryl methyl sites for hydroxylation is 1. The minimum Gasteiger partial charge on any atom is -0.378 e. The molecular weight excluding hydrogens is 362 g/mol. The summed E-state index contributed by atoms with van der Waals surface area (Å²) >= 11 is 6.32. The number of halogens is 1. The van der Waals surface area contributed by atoms with E-state index in [-0.39, 0.29) is 11.1 Å². The number of nitrogen functional groups attached to an aromatic ring is 1. The lowest BCUT2D eigenvalue weighted by atomic mass is 10.0. The number of fused-ring (bicyclic) bond motifs is 1. The van der Waals surface area contributed by atoms with Crippen molar-refractivity contribution in [2.24, 2.45) is 0 Å². The van der Waals surface area contributed by atoms with E-state index in [2.05, 4.69) is 40.6 Å². The Morgan fingerprint density at radius 1 is 1.22 bits per heavy atom. The standard InChI is InChI=1S/C20H22ClN5O/c1-11-8-23-15(13(3)12(11)2)10-26-9-14(6-7-20(4,5)27)16-17(21)24-19(22)25-18(16)26/h8-9,27H,10H2,1-5H3,(H2,22,24,25). The molecule has 0 saturated heterocycles. The van der Waals surface area contributed by atoms with E-state index >= 15 is 0 Å². The van der Waals surface area contributed by atoms with E-state index in [9.17, 15) is 5.11 Å². The van der Waals surface area contributed by atoms with Gasteiger partial charge < -0.3 is 15.4 Å². The minimum absolute atomic E-state index is 0.0959. The first-order valence-corrected chi connectivity index (χ1v) is 8.93. The lowest BCUT2D eigenvalue weighted by Gasteiger charge is -2.11. The molecule has 27 heavy (non-hydrogen) atoms. The van der Waals surface area contributed by atoms with Crippen molar-refractivity contribution in [1.29, 1.82) is 0 Å². The molecule has 3 aromatic rings. The molecule has 0 spiro atoms. The Hall–Kier alpha value is -2.62. The maximum atomic E-state index is 9.92. The predicted octanol–water partition coefficient (Wildman–Crippen LogP) is 3.16. The largest absolute Gasteiger partial charge is 0.378 e. The second-order valence-electron chi connectivity index (χ2n) is 7.19. The van der Waals surface area contributed by atoms with Crippen molar-refractivity contribution >= 4 is 28.6 Å². The van der Waals surface area contributed by atoms with E-state index < -0.39 is 5.60 Å². The van der Waals surface area contributed by atoms with Gasteiger partial charge in [-0.25, -0.2) is 4.98 Å². The summed E-state index contributed by atoms with van der Waals surface area (Å²) in [4.78, 5) is 13.0. The van der Waals surface area contributed by atoms with Crippen LogP contribution in [0.5, 0.6) is 0 Å². The van der Waals surface area contributed by atoms with E-state index in [0.29, 0.717) is 23.1 Å². The molecule has 0 aromatic carbocycles. The highest BCUT2D eigenvalue weighted by Crippen LogP contribution is 2.28. The molecule has 0 fully saturated rings. The number of hydrogen-bond acceptors (Lipinski definition) is 5. The van der Waals surface area contributed by atoms with Crippen molar-refractivity contribution in [3.63, 3.8) is 0 Å². The highest BCUT2D eigenvalue weighted by Gasteiger charge is 2.17. The van der Waals surface area contributed by atoms with Crippen molar-refractivity contribution in [3.8, 4) is 11.8 Å². The van der Waals surface area contributed by atoms with Crippen LogP contribution in [0.4, 0.5) is 5.95 Å². The average molecular weight is 384 g/mol. The predicted molar refractivity (Wildman–Crippen MR) is 108 cm³/mol. The first-order chi connectivity index (χ1) is 12.6. The summed E-state index contributed by atoms with van der Waals surface area (Å²) in [5, 5.41) is 10.8. The zero-order chi connectivity index (χ0) is 19.9. The summed E-state index contributed by atoms with van der Waals surface area (Å²) in [6, 6.07) is 0. The van der Waals surface area contributed by atoms with Gasteiger partial charge in [-0.2, -0.15) is 4.98 Å². The fourth-order valence-corrected chi connectivity index (χ4v) is 3.07. The van der Waals surface area contributed by atoms with Crippen molar-refractivity contribution < 1.29 is 5.11 Å². The molecule has 3 heterocycles. The molecular formula is C20H22ClN5O. The van der Waals surface area contributed by atoms with Crippen LogP contribution in [0.15, 0.2) is 12.4 Å². The lowest BCUT2D eigenvalue weighted by Crippen LogP contribution is -2.14. The second kappa shape index (κ2) is 6.84. The molecule has 3 rings (SSSR count). The van der Waals surface area contributed by atoms with Crippen LogP contribution in [0.1, 0.15) is 41.8 Å². The number of nitrogens with two attached hydrogens (primary N) is 1. The Bertz CT molecular complexity index is 1100. The first kappa shape index (κ1) is 19.2. The minimum atomic E-state index is -1.12. The molecule has 0 amide bonds. The lowest BCUT2D eigenvalue weighted by molar-refractivity contribution is 0.143. The third kappa shape index (κ3) is 3.90. The Balaban J connectivity index is 2.19. The van der Waals surface area contributed by atoms with Gasteiger partial charge in [-0.3, -0.25) is 4.98 Å². The Morgan fingerprint density at radius 3 is 2.59 bits per heavy atom. The normalized spacial score (nSPS) is 11.5. The number of nitrogens with zero attached hydrogens (tertiary/aromatic N) is 4. The number of hydrogen-bond donors (Lipinski definition) is 2. The molecule has 0 atom stereocenters. The molecule has 0 aliphatic heterocycles. The topological polar surface area (TPSA) is 89.8 Å². The van der Waals surface area contributed by atoms with Gasteiger partial charge >= 0.3 is 0 Å². The highest BCUT2D eigenvalue weighted by atomic mass is 35.5. The van der Waals surface area contributed by atoms with Crippen LogP contribution in [0.25, 0.3) is 11.0 Å². The van der Waals surface area contributed by atoms with Gasteiger partial charge in [0, 0.05) is 12.4 Å². The van der Waals surface area contributed by atoms with Gasteiger partial charge in [-0.05, 0) is 51.3 Å². The summed E-state index contributed by atoms with van der Waals surface area (Å²) in [6.07, 6.45) is 3.72. The monoisotopic (exact) mass is 383 g/mol. The van der Waals surface area contributed by atoms with Crippen LogP contribution in [0, 0.1) is 32.6 Å². The van der Waals surface area contributed by atoms with Crippen LogP contribution in [-0.2, 0) is 6.54 Å². The quantitative estimate of drug-likeness (QED) is 0.524. The van der Waals surface area contributed by atoms with Gasteiger partial charge in [-0.1, -0.05) is 23.4 Å². The van der Waals surface area contributed by atoms with Crippen LogP contribution in [0.3, 0.4) is 0 Å². The molecule has 0 aliphatic carbocycles. The van der Waals surface area contributed by atoms with Gasteiger partial charge in [0.15, 0.2) is 0 Å². The first-order valence-electron chi connectivity index (χ1n) is 8.56. The van der Waals surface area contributed by atoms with E-state index in [4.69, 9.17) is 17.3 Å². The number of aliphatic hydroxyl groups is 1. The molecule has 7 heteroatoms. The van der Waals surface area contributed by atoms with Crippen LogP contribution < -0.4 is 5.73 Å². The van der Waals surface area contributed by atoms with E-state index in [1.807, 2.05) is 23.9 Å². The summed E-state index contributed by atoms with van der Waals surface area (Å²) in [5.74, 6) is 5.89. The number of anilines is 1. The van der Waals surface area contributed by atoms with Crippen LogP contribution in [-0.4, -0.2) is 30.2 Å². The fraction of sp³-hybridized carbons (Fsp3) is 0.350. The number of pyridine rings is 1. The van der Waals surface area contributed by atoms with Crippen molar-refractivity contribution in [3.05, 3.63) is 45.5 Å². The molecule has 0 bridgehead atoms. The van der Waals surface area contributed by atoms with Crippen LogP contribution in [0.2, 0.25) is 5.15 Å². The Morgan fingerprint density at radius 2 is 1.93 bits per heavy atom. The highest BCUT2D eigenvalue weighted by molar-refractivity contribution is 6.34. The molecule has 0 unspecified atom stereocenters. The summed E-state index contributed by atoms with van der Waals surface area (Å²) in [6.45, 7) is 9.93. The third-order valence-corrected chi connectivity index (χ3v) is 4.79. The van der Waals surface area contributed by atoms with Gasteiger partial charge in [0.1, 0.15) is 16.4 Å². The Kier molecular flexibility index (Phi) is 4.85.